The molecule has 0 unspecified atom stereocenters. The molecule has 0 fully saturated rings. The minimum absolute atomic E-state index is 0.335. The summed E-state index contributed by atoms with van der Waals surface area (Å²) in [7, 11) is 0. The highest BCUT2D eigenvalue weighted by Crippen LogP contribution is 2.07. The Morgan fingerprint density at radius 1 is 1.67 bits per heavy atom. The van der Waals surface area contributed by atoms with E-state index in [9.17, 15) is 9.59 Å². The Morgan fingerprint density at radius 2 is 2.44 bits per heavy atom. The lowest BCUT2D eigenvalue weighted by molar-refractivity contribution is -0.127. The Labute approximate surface area is 52.9 Å². The van der Waals surface area contributed by atoms with Gasteiger partial charge in [0.2, 0.25) is 5.78 Å². The summed E-state index contributed by atoms with van der Waals surface area (Å²) in [5.41, 5.74) is 0.519. The second kappa shape index (κ2) is 2.40. The summed E-state index contributed by atoms with van der Waals surface area (Å²) in [5.74, 6) is -0.427. The average molecular weight is 122 g/mol. The molecule has 0 aliphatic heterocycles. The van der Waals surface area contributed by atoms with Crippen molar-refractivity contribution in [3.8, 4) is 0 Å². The number of carbonyl (C=O) groups excluding carboxylic acids is 2. The van der Waals surface area contributed by atoms with E-state index in [0.29, 0.717) is 11.9 Å². The number of ketones is 1. The second-order valence-corrected chi connectivity index (χ2v) is 1.78. The van der Waals surface area contributed by atoms with Crippen LogP contribution in [0.4, 0.5) is 0 Å². The highest BCUT2D eigenvalue weighted by atomic mass is 16.2. The van der Waals surface area contributed by atoms with Crippen LogP contribution in [0, 0.1) is 0 Å². The van der Waals surface area contributed by atoms with Crippen LogP contribution in [0.25, 0.3) is 0 Å². The Hall–Kier alpha value is -1.18. The summed E-state index contributed by atoms with van der Waals surface area (Å²) in [6.45, 7) is 0. The molecule has 0 aromatic heterocycles. The summed E-state index contributed by atoms with van der Waals surface area (Å²) in [6.07, 6.45) is 6.35. The SMILES string of the molecule is O=CC(=O)C1=CCC=C1. The molecule has 0 atom stereocenters. The molecule has 1 rings (SSSR count). The first-order chi connectivity index (χ1) is 4.34. The Bertz CT molecular complexity index is 199. The predicted molar refractivity (Wildman–Crippen MR) is 32.9 cm³/mol. The number of rotatable bonds is 2. The number of Topliss-reactive ketones (excluding diaryl/α,β-unsaturated/α-hetero) is 1. The molecular weight excluding hydrogens is 116 g/mol. The van der Waals surface area contributed by atoms with Gasteiger partial charge >= 0.3 is 0 Å². The largest absolute Gasteiger partial charge is 0.294 e. The van der Waals surface area contributed by atoms with Crippen LogP contribution in [-0.4, -0.2) is 12.1 Å². The standard InChI is InChI=1S/C7H6O2/c8-5-7(9)6-3-1-2-4-6/h1,3-5H,2H2. The van der Waals surface area contributed by atoms with Gasteiger partial charge in [0.15, 0.2) is 6.29 Å². The molecule has 0 radical (unpaired) electrons. The minimum atomic E-state index is -0.427. The van der Waals surface area contributed by atoms with E-state index in [-0.39, 0.29) is 0 Å². The third-order valence-electron chi connectivity index (χ3n) is 1.16. The van der Waals surface area contributed by atoms with E-state index in [1.807, 2.05) is 6.08 Å². The van der Waals surface area contributed by atoms with Gasteiger partial charge in [-0.1, -0.05) is 18.2 Å². The van der Waals surface area contributed by atoms with Crippen molar-refractivity contribution >= 4 is 12.1 Å². The zero-order chi connectivity index (χ0) is 6.69. The molecule has 0 heterocycles. The molecule has 0 aromatic carbocycles. The van der Waals surface area contributed by atoms with Gasteiger partial charge < -0.3 is 0 Å². The van der Waals surface area contributed by atoms with Crippen LogP contribution < -0.4 is 0 Å². The molecule has 1 aliphatic carbocycles. The molecule has 0 aromatic rings. The van der Waals surface area contributed by atoms with Crippen LogP contribution in [0.5, 0.6) is 0 Å². The highest BCUT2D eigenvalue weighted by Gasteiger charge is 2.05. The average Bonchev–Trinajstić information content (AvgIpc) is 2.37. The summed E-state index contributed by atoms with van der Waals surface area (Å²) >= 11 is 0. The maximum absolute atomic E-state index is 10.5. The smallest absolute Gasteiger partial charge is 0.225 e. The third kappa shape index (κ3) is 1.13. The fraction of sp³-hybridized carbons (Fsp3) is 0.143. The van der Waals surface area contributed by atoms with Crippen molar-refractivity contribution in [1.82, 2.24) is 0 Å². The predicted octanol–water partition coefficient (Wildman–Crippen LogP) is 0.641. The first-order valence-corrected chi connectivity index (χ1v) is 2.71. The van der Waals surface area contributed by atoms with Gasteiger partial charge in [-0.15, -0.1) is 0 Å². The molecule has 0 bridgehead atoms. The van der Waals surface area contributed by atoms with Crippen LogP contribution in [0.3, 0.4) is 0 Å². The van der Waals surface area contributed by atoms with Crippen LogP contribution in [-0.2, 0) is 9.59 Å². The molecule has 0 spiro atoms. The van der Waals surface area contributed by atoms with E-state index >= 15 is 0 Å². The molecule has 2 heteroatoms. The maximum Gasteiger partial charge on any atom is 0.225 e. The Balaban J connectivity index is 2.73. The van der Waals surface area contributed by atoms with E-state index in [1.165, 1.54) is 0 Å². The Kier molecular flexibility index (Phi) is 1.58. The fourth-order valence-corrected chi connectivity index (χ4v) is 0.709. The Morgan fingerprint density at radius 3 is 2.89 bits per heavy atom. The molecular formula is C7H6O2. The zero-order valence-corrected chi connectivity index (χ0v) is 4.83. The van der Waals surface area contributed by atoms with Gasteiger partial charge in [0, 0.05) is 5.57 Å². The molecule has 0 N–H and O–H groups in total. The molecule has 9 heavy (non-hydrogen) atoms. The normalized spacial score (nSPS) is 15.3. The van der Waals surface area contributed by atoms with Gasteiger partial charge in [-0.3, -0.25) is 9.59 Å². The fourth-order valence-electron chi connectivity index (χ4n) is 0.709. The number of hydrogen-bond acceptors (Lipinski definition) is 2. The first kappa shape index (κ1) is 5.95. The quantitative estimate of drug-likeness (QED) is 0.398. The molecule has 1 aliphatic rings. The van der Waals surface area contributed by atoms with Crippen LogP contribution in [0.1, 0.15) is 6.42 Å². The monoisotopic (exact) mass is 122 g/mol. The van der Waals surface area contributed by atoms with Crippen molar-refractivity contribution in [2.45, 2.75) is 6.42 Å². The lowest BCUT2D eigenvalue weighted by Gasteiger charge is -1.83. The molecule has 46 valence electrons. The zero-order valence-electron chi connectivity index (χ0n) is 4.83. The number of aldehydes is 1. The lowest BCUT2D eigenvalue weighted by Crippen LogP contribution is -1.98. The molecule has 0 saturated carbocycles. The number of allylic oxidation sites excluding steroid dienone is 4. The number of hydrogen-bond donors (Lipinski definition) is 0. The van der Waals surface area contributed by atoms with Gasteiger partial charge in [0.25, 0.3) is 0 Å². The molecule has 0 amide bonds. The van der Waals surface area contributed by atoms with E-state index in [4.69, 9.17) is 0 Å². The lowest BCUT2D eigenvalue weighted by atomic mass is 10.2. The van der Waals surface area contributed by atoms with Gasteiger partial charge in [-0.2, -0.15) is 0 Å². The summed E-state index contributed by atoms with van der Waals surface area (Å²) in [4.78, 5) is 20.4. The van der Waals surface area contributed by atoms with Crippen LogP contribution in [0.15, 0.2) is 23.8 Å². The summed E-state index contributed by atoms with van der Waals surface area (Å²) in [6, 6.07) is 0. The first-order valence-electron chi connectivity index (χ1n) is 2.71. The van der Waals surface area contributed by atoms with Crippen molar-refractivity contribution < 1.29 is 9.59 Å². The van der Waals surface area contributed by atoms with Gasteiger partial charge in [0.05, 0.1) is 0 Å². The molecule has 0 saturated heterocycles. The molecule has 2 nitrogen and oxygen atoms in total. The maximum atomic E-state index is 10.5. The van der Waals surface area contributed by atoms with Crippen molar-refractivity contribution in [2.24, 2.45) is 0 Å². The van der Waals surface area contributed by atoms with Gasteiger partial charge in [0.1, 0.15) is 0 Å². The van der Waals surface area contributed by atoms with Crippen molar-refractivity contribution in [3.05, 3.63) is 23.8 Å². The van der Waals surface area contributed by atoms with E-state index in [0.717, 1.165) is 6.42 Å². The van der Waals surface area contributed by atoms with Gasteiger partial charge in [-0.05, 0) is 6.42 Å². The summed E-state index contributed by atoms with van der Waals surface area (Å²) < 4.78 is 0. The third-order valence-corrected chi connectivity index (χ3v) is 1.16. The van der Waals surface area contributed by atoms with E-state index in [1.54, 1.807) is 12.2 Å². The van der Waals surface area contributed by atoms with Crippen molar-refractivity contribution in [2.75, 3.05) is 0 Å². The van der Waals surface area contributed by atoms with Gasteiger partial charge in [-0.25, -0.2) is 0 Å². The number of carbonyl (C=O) groups is 2. The minimum Gasteiger partial charge on any atom is -0.294 e. The van der Waals surface area contributed by atoms with Crippen molar-refractivity contribution in [3.63, 3.8) is 0 Å². The van der Waals surface area contributed by atoms with Crippen molar-refractivity contribution in [1.29, 1.82) is 0 Å². The second-order valence-electron chi connectivity index (χ2n) is 1.78. The van der Waals surface area contributed by atoms with Crippen LogP contribution in [0.2, 0.25) is 0 Å². The topological polar surface area (TPSA) is 34.1 Å². The van der Waals surface area contributed by atoms with E-state index < -0.39 is 5.78 Å². The highest BCUT2D eigenvalue weighted by molar-refractivity contribution is 6.34. The summed E-state index contributed by atoms with van der Waals surface area (Å²) in [5, 5.41) is 0. The van der Waals surface area contributed by atoms with Crippen LogP contribution >= 0.6 is 0 Å². The van der Waals surface area contributed by atoms with E-state index in [2.05, 4.69) is 0 Å².